The lowest BCUT2D eigenvalue weighted by Crippen LogP contribution is -2.41. The van der Waals surface area contributed by atoms with Crippen molar-refractivity contribution in [2.24, 2.45) is 5.92 Å². The maximum atomic E-state index is 12.8. The second-order valence-corrected chi connectivity index (χ2v) is 11.2. The minimum atomic E-state index is -1.00. The average Bonchev–Trinajstić information content (AvgIpc) is 2.94. The molecular weight excluding hydrogens is 492 g/mol. The molecule has 1 aliphatic carbocycles. The van der Waals surface area contributed by atoms with Crippen LogP contribution in [-0.4, -0.2) is 48.1 Å². The first-order valence-corrected chi connectivity index (χ1v) is 15.7. The van der Waals surface area contributed by atoms with Gasteiger partial charge in [0.1, 0.15) is 6.04 Å². The lowest BCUT2D eigenvalue weighted by Gasteiger charge is -2.21. The van der Waals surface area contributed by atoms with Gasteiger partial charge in [-0.2, -0.15) is 11.8 Å². The number of amides is 1. The lowest BCUT2D eigenvalue weighted by molar-refractivity contribution is -0.139. The van der Waals surface area contributed by atoms with Gasteiger partial charge in [0.2, 0.25) is 0 Å². The van der Waals surface area contributed by atoms with Crippen molar-refractivity contribution in [3.05, 3.63) is 59.2 Å². The average molecular weight is 541 g/mol. The molecule has 3 rings (SSSR count). The van der Waals surface area contributed by atoms with Crippen molar-refractivity contribution in [1.29, 1.82) is 0 Å². The Morgan fingerprint density at radius 3 is 2.42 bits per heavy atom. The summed E-state index contributed by atoms with van der Waals surface area (Å²) in [6, 6.07) is 12.8. The van der Waals surface area contributed by atoms with Crippen LogP contribution in [-0.2, 0) is 11.2 Å². The first kappa shape index (κ1) is 31.9. The van der Waals surface area contributed by atoms with Gasteiger partial charge in [-0.3, -0.25) is 4.79 Å². The van der Waals surface area contributed by atoms with E-state index >= 15 is 0 Å². The second kappa shape index (κ2) is 18.1. The fraction of sp³-hybridized carbons (Fsp3) is 0.562. The zero-order valence-corrected chi connectivity index (χ0v) is 24.7. The number of unbranched alkanes of at least 4 members (excludes halogenated alkanes) is 1. The minimum Gasteiger partial charge on any atom is -0.480 e. The largest absolute Gasteiger partial charge is 0.480 e. The summed E-state index contributed by atoms with van der Waals surface area (Å²) in [6.07, 6.45) is 13.2. The standard InChI is InChI=1S/C21H25NO3S.C11H23N/c1-4-15-9-10-17(18(13-15)16-8-6-5-7-14(16)2)20(23)22-19(21(24)25)11-12-26-3;1-2-3-9-12-10-11-7-5-4-6-8-11/h5-10,13,19H,4,11-12H2,1-3H3,(H,22,23)(H,24,25);11-12H,2-10H2,1H3. The Morgan fingerprint density at radius 1 is 1.05 bits per heavy atom. The van der Waals surface area contributed by atoms with Crippen LogP contribution in [0.4, 0.5) is 0 Å². The molecule has 0 aliphatic heterocycles. The van der Waals surface area contributed by atoms with Crippen LogP contribution in [0.3, 0.4) is 0 Å². The molecule has 2 aromatic rings. The quantitative estimate of drug-likeness (QED) is 0.236. The smallest absolute Gasteiger partial charge is 0.326 e. The van der Waals surface area contributed by atoms with E-state index in [1.165, 1.54) is 58.0 Å². The molecule has 5 nitrogen and oxygen atoms in total. The highest BCUT2D eigenvalue weighted by atomic mass is 32.2. The van der Waals surface area contributed by atoms with Gasteiger partial charge in [0.25, 0.3) is 5.91 Å². The van der Waals surface area contributed by atoms with Gasteiger partial charge in [-0.15, -0.1) is 0 Å². The van der Waals surface area contributed by atoms with Gasteiger partial charge >= 0.3 is 5.97 Å². The monoisotopic (exact) mass is 540 g/mol. The number of hydrogen-bond donors (Lipinski definition) is 3. The maximum Gasteiger partial charge on any atom is 0.326 e. The summed E-state index contributed by atoms with van der Waals surface area (Å²) in [5, 5.41) is 15.6. The summed E-state index contributed by atoms with van der Waals surface area (Å²) in [5.41, 5.74) is 4.55. The topological polar surface area (TPSA) is 78.4 Å². The molecule has 1 atom stereocenters. The van der Waals surface area contributed by atoms with E-state index in [1.54, 1.807) is 17.8 Å². The number of carbonyl (C=O) groups is 2. The Bertz CT molecular complexity index is 988. The molecule has 0 spiro atoms. The van der Waals surface area contributed by atoms with Crippen molar-refractivity contribution in [3.8, 4) is 11.1 Å². The summed E-state index contributed by atoms with van der Waals surface area (Å²) >= 11 is 1.56. The predicted molar refractivity (Wildman–Crippen MR) is 162 cm³/mol. The molecule has 1 unspecified atom stereocenters. The van der Waals surface area contributed by atoms with Gasteiger partial charge in [0.05, 0.1) is 0 Å². The third-order valence-electron chi connectivity index (χ3n) is 7.25. The predicted octanol–water partition coefficient (Wildman–Crippen LogP) is 7.12. The Labute approximate surface area is 234 Å². The van der Waals surface area contributed by atoms with Crippen molar-refractivity contribution in [1.82, 2.24) is 10.6 Å². The third kappa shape index (κ3) is 10.8. The number of carbonyl (C=O) groups excluding carboxylic acids is 1. The highest BCUT2D eigenvalue weighted by Gasteiger charge is 2.22. The fourth-order valence-corrected chi connectivity index (χ4v) is 5.31. The first-order chi connectivity index (χ1) is 18.4. The van der Waals surface area contributed by atoms with E-state index in [2.05, 4.69) is 24.5 Å². The summed E-state index contributed by atoms with van der Waals surface area (Å²) in [6.45, 7) is 8.84. The number of hydrogen-bond acceptors (Lipinski definition) is 4. The van der Waals surface area contributed by atoms with Gasteiger partial charge in [0.15, 0.2) is 0 Å². The number of benzene rings is 2. The number of aliphatic carboxylic acids is 1. The van der Waals surface area contributed by atoms with Gasteiger partial charge in [-0.25, -0.2) is 4.79 Å². The van der Waals surface area contributed by atoms with E-state index < -0.39 is 12.0 Å². The van der Waals surface area contributed by atoms with Crippen LogP contribution in [0.1, 0.15) is 86.7 Å². The van der Waals surface area contributed by atoms with Crippen LogP contribution < -0.4 is 10.6 Å². The van der Waals surface area contributed by atoms with E-state index in [4.69, 9.17) is 0 Å². The van der Waals surface area contributed by atoms with Crippen molar-refractivity contribution < 1.29 is 14.7 Å². The van der Waals surface area contributed by atoms with E-state index in [9.17, 15) is 14.7 Å². The van der Waals surface area contributed by atoms with Crippen LogP contribution in [0.15, 0.2) is 42.5 Å². The molecule has 0 heterocycles. The minimum absolute atomic E-state index is 0.348. The molecule has 0 bridgehead atoms. The number of carboxylic acid groups (broad SMARTS) is 1. The molecule has 0 aromatic heterocycles. The highest BCUT2D eigenvalue weighted by Crippen LogP contribution is 2.28. The summed E-state index contributed by atoms with van der Waals surface area (Å²) in [5.74, 6) is 0.321. The van der Waals surface area contributed by atoms with E-state index in [1.807, 2.05) is 49.6 Å². The van der Waals surface area contributed by atoms with E-state index in [-0.39, 0.29) is 5.91 Å². The normalized spacial score (nSPS) is 14.3. The second-order valence-electron chi connectivity index (χ2n) is 10.3. The Hall–Kier alpha value is -2.31. The van der Waals surface area contributed by atoms with Gasteiger partial charge in [-0.1, -0.05) is 75.9 Å². The van der Waals surface area contributed by atoms with Crippen molar-refractivity contribution in [2.75, 3.05) is 25.1 Å². The highest BCUT2D eigenvalue weighted by molar-refractivity contribution is 7.98. The van der Waals surface area contributed by atoms with Gasteiger partial charge in [0, 0.05) is 5.56 Å². The van der Waals surface area contributed by atoms with Crippen molar-refractivity contribution in [3.63, 3.8) is 0 Å². The SMILES string of the molecule is CCCCNCC1CCCCC1.CCc1ccc(C(=O)NC(CCSC)C(=O)O)c(-c2ccccc2C)c1. The number of nitrogens with one attached hydrogen (secondary N) is 2. The van der Waals surface area contributed by atoms with Gasteiger partial charge < -0.3 is 15.7 Å². The summed E-state index contributed by atoms with van der Waals surface area (Å²) in [4.78, 5) is 24.3. The summed E-state index contributed by atoms with van der Waals surface area (Å²) in [7, 11) is 0. The number of thioether (sulfide) groups is 1. The first-order valence-electron chi connectivity index (χ1n) is 14.3. The van der Waals surface area contributed by atoms with Crippen LogP contribution in [0.5, 0.6) is 0 Å². The number of aryl methyl sites for hydroxylation is 2. The molecule has 1 amide bonds. The molecule has 0 saturated heterocycles. The Morgan fingerprint density at radius 2 is 1.79 bits per heavy atom. The van der Waals surface area contributed by atoms with Crippen LogP contribution in [0, 0.1) is 12.8 Å². The molecule has 6 heteroatoms. The van der Waals surface area contributed by atoms with Crippen LogP contribution >= 0.6 is 11.8 Å². The molecule has 3 N–H and O–H groups in total. The summed E-state index contributed by atoms with van der Waals surface area (Å²) < 4.78 is 0. The lowest BCUT2D eigenvalue weighted by atomic mass is 9.89. The van der Waals surface area contributed by atoms with Crippen molar-refractivity contribution >= 4 is 23.6 Å². The molecule has 1 saturated carbocycles. The molecule has 1 aliphatic rings. The zero-order valence-electron chi connectivity index (χ0n) is 23.9. The maximum absolute atomic E-state index is 12.8. The molecule has 1 fully saturated rings. The number of rotatable bonds is 13. The molecule has 210 valence electrons. The van der Waals surface area contributed by atoms with E-state index in [0.717, 1.165) is 34.6 Å². The van der Waals surface area contributed by atoms with Gasteiger partial charge in [-0.05, 0) is 98.4 Å². The Balaban J connectivity index is 0.000000352. The molecule has 0 radical (unpaired) electrons. The molecule has 38 heavy (non-hydrogen) atoms. The van der Waals surface area contributed by atoms with E-state index in [0.29, 0.717) is 17.7 Å². The number of carboxylic acids is 1. The van der Waals surface area contributed by atoms with Crippen LogP contribution in [0.2, 0.25) is 0 Å². The Kier molecular flexibility index (Phi) is 15.2. The van der Waals surface area contributed by atoms with Crippen molar-refractivity contribution in [2.45, 2.75) is 84.6 Å². The molecule has 2 aromatic carbocycles. The fourth-order valence-electron chi connectivity index (χ4n) is 4.84. The molecular formula is C32H48N2O3S. The van der Waals surface area contributed by atoms with Crippen LogP contribution in [0.25, 0.3) is 11.1 Å². The zero-order chi connectivity index (χ0) is 27.8. The third-order valence-corrected chi connectivity index (χ3v) is 7.89.